The highest BCUT2D eigenvalue weighted by atomic mass is 33.1. The number of aliphatic hydroxyl groups is 2. The smallest absolute Gasteiger partial charge is 0.407 e. The van der Waals surface area contributed by atoms with Crippen LogP contribution in [-0.2, 0) is 20.7 Å². The summed E-state index contributed by atoms with van der Waals surface area (Å²) in [7, 11) is 3.11. The molecular weight excluding hydrogens is 671 g/mol. The summed E-state index contributed by atoms with van der Waals surface area (Å²) in [5.74, 6) is 1.12. The molecule has 2 atom stereocenters. The molecule has 0 bridgehead atoms. The molecule has 0 aliphatic rings. The molecule has 0 spiro atoms. The molecule has 9 nitrogen and oxygen atoms in total. The standard InChI is InChI=1S/C39H59N3O6S2/c1-2-3-4-5-6-7-8-9-10-11-12-13-14-15-16-17-21-26-37(45)40-28-29-49-50-33-35(32-48-39(47)41-30-36(44)31-43)42-38(46)27-22-25-34-23-19-18-20-24-34/h3-4,6-7,9-10,12-13,15-16,18-20,23-24,35-36,43-44H,2,5,8,11,14,17,21-22,25-33H2,1H3,(H,40,45)(H,41,47)(H,42,46)/b4-3-,7-6-,10-9-,13-12-,16-15-. The number of unbranched alkanes of at least 4 members (excludes halogenated alkanes) is 1. The Morgan fingerprint density at radius 1 is 0.800 bits per heavy atom. The van der Waals surface area contributed by atoms with Crippen LogP contribution in [0.15, 0.2) is 91.1 Å². The van der Waals surface area contributed by atoms with Crippen molar-refractivity contribution in [3.05, 3.63) is 96.7 Å². The maximum Gasteiger partial charge on any atom is 0.407 e. The molecule has 1 aromatic rings. The molecule has 50 heavy (non-hydrogen) atoms. The first-order valence-corrected chi connectivity index (χ1v) is 20.2. The molecule has 0 saturated heterocycles. The van der Waals surface area contributed by atoms with Gasteiger partial charge in [0.15, 0.2) is 0 Å². The number of allylic oxidation sites excluding steroid dienone is 10. The Balaban J connectivity index is 2.20. The summed E-state index contributed by atoms with van der Waals surface area (Å²) in [6, 6.07) is 9.57. The first-order valence-electron chi connectivity index (χ1n) is 17.7. The van der Waals surface area contributed by atoms with Crippen LogP contribution in [0.2, 0.25) is 0 Å². The van der Waals surface area contributed by atoms with Crippen LogP contribution >= 0.6 is 21.6 Å². The first kappa shape index (κ1) is 44.8. The van der Waals surface area contributed by atoms with Crippen LogP contribution in [0.25, 0.3) is 0 Å². The van der Waals surface area contributed by atoms with Crippen LogP contribution in [-0.4, -0.2) is 78.1 Å². The molecule has 0 fully saturated rings. The van der Waals surface area contributed by atoms with E-state index in [9.17, 15) is 19.5 Å². The van der Waals surface area contributed by atoms with Gasteiger partial charge in [0.1, 0.15) is 6.61 Å². The van der Waals surface area contributed by atoms with Crippen LogP contribution in [0.1, 0.15) is 76.7 Å². The zero-order valence-electron chi connectivity index (χ0n) is 29.7. The molecule has 1 rings (SSSR count). The number of rotatable bonds is 29. The molecule has 1 aromatic carbocycles. The number of nitrogens with one attached hydrogen (secondary N) is 3. The fourth-order valence-corrected chi connectivity index (χ4v) is 6.41. The second-order valence-electron chi connectivity index (χ2n) is 11.5. The Labute approximate surface area is 308 Å². The predicted octanol–water partition coefficient (Wildman–Crippen LogP) is 6.99. The Kier molecular flexibility index (Phi) is 29.5. The van der Waals surface area contributed by atoms with Crippen molar-refractivity contribution in [2.24, 2.45) is 0 Å². The van der Waals surface area contributed by atoms with Crippen LogP contribution in [0.3, 0.4) is 0 Å². The normalized spacial score (nSPS) is 13.1. The van der Waals surface area contributed by atoms with Crippen molar-refractivity contribution in [1.29, 1.82) is 0 Å². The van der Waals surface area contributed by atoms with Crippen LogP contribution in [0.4, 0.5) is 4.79 Å². The summed E-state index contributed by atoms with van der Waals surface area (Å²) >= 11 is 0. The van der Waals surface area contributed by atoms with Gasteiger partial charge in [0.2, 0.25) is 11.8 Å². The van der Waals surface area contributed by atoms with Gasteiger partial charge in [0.25, 0.3) is 0 Å². The van der Waals surface area contributed by atoms with E-state index in [4.69, 9.17) is 9.84 Å². The summed E-state index contributed by atoms with van der Waals surface area (Å²) in [4.78, 5) is 36.8. The van der Waals surface area contributed by atoms with Gasteiger partial charge in [-0.15, -0.1) is 0 Å². The zero-order chi connectivity index (χ0) is 36.3. The Hall–Kier alpha value is -3.25. The van der Waals surface area contributed by atoms with Crippen molar-refractivity contribution in [1.82, 2.24) is 16.0 Å². The number of aliphatic hydroxyl groups excluding tert-OH is 2. The van der Waals surface area contributed by atoms with E-state index in [1.54, 1.807) is 10.8 Å². The number of ether oxygens (including phenoxy) is 1. The molecule has 0 aromatic heterocycles. The molecule has 2 unspecified atom stereocenters. The van der Waals surface area contributed by atoms with E-state index >= 15 is 0 Å². The number of hydrogen-bond acceptors (Lipinski definition) is 8. The van der Waals surface area contributed by atoms with Crippen molar-refractivity contribution in [3.63, 3.8) is 0 Å². The lowest BCUT2D eigenvalue weighted by atomic mass is 10.1. The van der Waals surface area contributed by atoms with Gasteiger partial charge in [-0.25, -0.2) is 4.79 Å². The van der Waals surface area contributed by atoms with Crippen molar-refractivity contribution < 1.29 is 29.3 Å². The molecule has 11 heteroatoms. The van der Waals surface area contributed by atoms with Crippen molar-refractivity contribution in [2.45, 2.75) is 89.7 Å². The molecule has 3 amide bonds. The Morgan fingerprint density at radius 2 is 1.42 bits per heavy atom. The van der Waals surface area contributed by atoms with E-state index in [2.05, 4.69) is 83.6 Å². The monoisotopic (exact) mass is 729 g/mol. The van der Waals surface area contributed by atoms with Gasteiger partial charge < -0.3 is 30.9 Å². The van der Waals surface area contributed by atoms with Gasteiger partial charge in [-0.05, 0) is 63.4 Å². The van der Waals surface area contributed by atoms with Gasteiger partial charge in [-0.1, -0.05) is 120 Å². The fraction of sp³-hybridized carbons (Fsp3) is 0.513. The van der Waals surface area contributed by atoms with Gasteiger partial charge in [-0.3, -0.25) is 9.59 Å². The van der Waals surface area contributed by atoms with E-state index in [0.29, 0.717) is 37.3 Å². The highest BCUT2D eigenvalue weighted by Crippen LogP contribution is 2.21. The highest BCUT2D eigenvalue weighted by Gasteiger charge is 2.16. The van der Waals surface area contributed by atoms with E-state index in [-0.39, 0.29) is 25.0 Å². The third kappa shape index (κ3) is 28.6. The average molecular weight is 730 g/mol. The third-order valence-corrected chi connectivity index (χ3v) is 9.46. The van der Waals surface area contributed by atoms with Crippen molar-refractivity contribution in [2.75, 3.05) is 37.8 Å². The zero-order valence-corrected chi connectivity index (χ0v) is 31.3. The van der Waals surface area contributed by atoms with E-state index < -0.39 is 24.8 Å². The van der Waals surface area contributed by atoms with Crippen LogP contribution in [0.5, 0.6) is 0 Å². The summed E-state index contributed by atoms with van der Waals surface area (Å²) in [6.45, 7) is 2.05. The molecule has 0 aliphatic carbocycles. The number of alkyl carbamates (subject to hydrolysis) is 1. The topological polar surface area (TPSA) is 137 Å². The second kappa shape index (κ2) is 32.9. The third-order valence-electron chi connectivity index (χ3n) is 6.98. The lowest BCUT2D eigenvalue weighted by Gasteiger charge is -2.19. The van der Waals surface area contributed by atoms with Crippen LogP contribution < -0.4 is 16.0 Å². The summed E-state index contributed by atoms with van der Waals surface area (Å²) in [6.07, 6.45) is 28.8. The fourth-order valence-electron chi connectivity index (χ4n) is 4.28. The van der Waals surface area contributed by atoms with Gasteiger partial charge in [-0.2, -0.15) is 0 Å². The van der Waals surface area contributed by atoms with E-state index in [1.807, 2.05) is 30.3 Å². The average Bonchev–Trinajstić information content (AvgIpc) is 3.12. The van der Waals surface area contributed by atoms with E-state index in [1.165, 1.54) is 16.4 Å². The number of benzene rings is 1. The summed E-state index contributed by atoms with van der Waals surface area (Å²) < 4.78 is 5.24. The number of hydrogen-bond donors (Lipinski definition) is 5. The van der Waals surface area contributed by atoms with Crippen molar-refractivity contribution >= 4 is 39.5 Å². The lowest BCUT2D eigenvalue weighted by Crippen LogP contribution is -2.42. The minimum Gasteiger partial charge on any atom is -0.447 e. The number of carbonyl (C=O) groups is 3. The summed E-state index contributed by atoms with van der Waals surface area (Å²) in [5, 5.41) is 26.6. The molecule has 0 radical (unpaired) electrons. The first-order chi connectivity index (χ1) is 24.4. The second-order valence-corrected chi connectivity index (χ2v) is 14.1. The Bertz CT molecular complexity index is 1170. The predicted molar refractivity (Wildman–Crippen MR) is 210 cm³/mol. The van der Waals surface area contributed by atoms with Gasteiger partial charge in [0.05, 0.1) is 18.8 Å². The summed E-state index contributed by atoms with van der Waals surface area (Å²) in [5.41, 5.74) is 1.17. The number of carbonyl (C=O) groups excluding carboxylic acids is 3. The quantitative estimate of drug-likeness (QED) is 0.0338. The molecule has 278 valence electrons. The van der Waals surface area contributed by atoms with Gasteiger partial charge in [0, 0.05) is 37.4 Å². The van der Waals surface area contributed by atoms with Gasteiger partial charge >= 0.3 is 6.09 Å². The number of aryl methyl sites for hydroxylation is 1. The molecule has 0 heterocycles. The minimum atomic E-state index is -1.07. The maximum absolute atomic E-state index is 12.6. The molecule has 0 aliphatic heterocycles. The SMILES string of the molecule is CC/C=C\C/C=C\C/C=C\C/C=C\C/C=C\CCCC(=O)NCCSSCC(COC(=O)NCC(O)CO)NC(=O)CCCc1ccccc1. The molecule has 5 N–H and O–H groups in total. The molecule has 0 saturated carbocycles. The maximum atomic E-state index is 12.6. The van der Waals surface area contributed by atoms with Crippen LogP contribution in [0, 0.1) is 0 Å². The lowest BCUT2D eigenvalue weighted by molar-refractivity contribution is -0.122. The van der Waals surface area contributed by atoms with Crippen molar-refractivity contribution in [3.8, 4) is 0 Å². The Morgan fingerprint density at radius 3 is 2.06 bits per heavy atom. The molecular formula is C39H59N3O6S2. The number of amides is 3. The largest absolute Gasteiger partial charge is 0.447 e. The highest BCUT2D eigenvalue weighted by molar-refractivity contribution is 8.76. The van der Waals surface area contributed by atoms with E-state index in [0.717, 1.165) is 51.4 Å². The minimum absolute atomic E-state index is 0.0341.